The summed E-state index contributed by atoms with van der Waals surface area (Å²) in [5.41, 5.74) is 2.18. The first-order chi connectivity index (χ1) is 20.4. The van der Waals surface area contributed by atoms with Gasteiger partial charge >= 0.3 is 0 Å². The van der Waals surface area contributed by atoms with Crippen molar-refractivity contribution in [3.05, 3.63) is 58.7 Å². The van der Waals surface area contributed by atoms with Gasteiger partial charge in [0.15, 0.2) is 23.0 Å². The zero-order chi connectivity index (χ0) is 29.4. The second-order valence-corrected chi connectivity index (χ2v) is 10.7. The lowest BCUT2D eigenvalue weighted by atomic mass is 9.77. The fourth-order valence-corrected chi connectivity index (χ4v) is 6.15. The van der Waals surface area contributed by atoms with Crippen LogP contribution < -0.4 is 24.3 Å². The van der Waals surface area contributed by atoms with Crippen LogP contribution in [0.25, 0.3) is 0 Å². The number of fused-ring (bicyclic) bond motifs is 4. The number of amides is 2. The molecule has 0 saturated carbocycles. The molecule has 42 heavy (non-hydrogen) atoms. The lowest BCUT2D eigenvalue weighted by Gasteiger charge is -2.41. The first-order valence-electron chi connectivity index (χ1n) is 14.0. The third kappa shape index (κ3) is 5.04. The van der Waals surface area contributed by atoms with Crippen molar-refractivity contribution in [1.29, 1.82) is 0 Å². The number of rotatable bonds is 9. The molecule has 0 spiro atoms. The Balaban J connectivity index is 1.42. The van der Waals surface area contributed by atoms with Gasteiger partial charge in [0.2, 0.25) is 18.6 Å². The van der Waals surface area contributed by atoms with Crippen molar-refractivity contribution in [3.63, 3.8) is 0 Å². The van der Waals surface area contributed by atoms with Gasteiger partial charge in [-0.1, -0.05) is 6.07 Å². The van der Waals surface area contributed by atoms with Crippen molar-refractivity contribution < 1.29 is 48.6 Å². The standard InChI is InChI=1S/C30H34N2O10/c1-38-24-10-17(13-34)8-19-25-20(29(36)31-5-6-33)11-21(26(35)28(25)42-27(19)24)32(30(37)18-4-7-39-14-18)12-16-2-3-22-23(9-16)41-15-40-22/h2-3,8-11,18,21,25-26,28,33-35H,4-7,12-15H2,1H3,(H,31,36)/t18?,21-,25+,26+,28+/m1/s1. The van der Waals surface area contributed by atoms with E-state index >= 15 is 0 Å². The number of carbonyl (C=O) groups excluding carboxylic acids is 2. The SMILES string of the molecule is COc1cc(CO)cc2c1O[C@@H]1[C@@H](O)[C@H](N(Cc3ccc4c(c3)OCO4)C(=O)C3CCOC3)C=C(C(=O)NCCO)[C@H]21. The van der Waals surface area contributed by atoms with Crippen LogP contribution >= 0.6 is 0 Å². The number of hydrogen-bond acceptors (Lipinski definition) is 10. The number of hydrogen-bond donors (Lipinski definition) is 4. The van der Waals surface area contributed by atoms with E-state index in [2.05, 4.69) is 5.32 Å². The Morgan fingerprint density at radius 2 is 1.95 bits per heavy atom. The van der Waals surface area contributed by atoms with Crippen LogP contribution in [-0.4, -0.2) is 90.6 Å². The average Bonchev–Trinajstić information content (AvgIpc) is 3.78. The Labute approximate surface area is 242 Å². The van der Waals surface area contributed by atoms with E-state index in [1.807, 2.05) is 6.07 Å². The molecule has 0 bridgehead atoms. The van der Waals surface area contributed by atoms with Gasteiger partial charge in [-0.3, -0.25) is 9.59 Å². The molecular weight excluding hydrogens is 548 g/mol. The van der Waals surface area contributed by atoms with Gasteiger partial charge < -0.3 is 49.2 Å². The predicted molar refractivity (Wildman–Crippen MR) is 146 cm³/mol. The molecule has 3 heterocycles. The number of nitrogens with one attached hydrogen (secondary N) is 1. The first kappa shape index (κ1) is 28.3. The van der Waals surface area contributed by atoms with Gasteiger partial charge in [-0.15, -0.1) is 0 Å². The number of carbonyl (C=O) groups is 2. The normalized spacial score (nSPS) is 25.2. The Morgan fingerprint density at radius 1 is 1.12 bits per heavy atom. The Kier molecular flexibility index (Phi) is 7.95. The molecule has 224 valence electrons. The molecule has 1 unspecified atom stereocenters. The minimum Gasteiger partial charge on any atom is -0.493 e. The van der Waals surface area contributed by atoms with E-state index in [4.69, 9.17) is 23.7 Å². The lowest BCUT2D eigenvalue weighted by Crippen LogP contribution is -2.56. The minimum absolute atomic E-state index is 0.0216. The molecule has 0 radical (unpaired) electrons. The van der Waals surface area contributed by atoms with E-state index in [1.54, 1.807) is 35.2 Å². The van der Waals surface area contributed by atoms with E-state index in [0.29, 0.717) is 47.2 Å². The molecule has 12 nitrogen and oxygen atoms in total. The van der Waals surface area contributed by atoms with Crippen molar-refractivity contribution in [2.75, 3.05) is 40.3 Å². The number of aliphatic hydroxyl groups excluding tert-OH is 3. The van der Waals surface area contributed by atoms with E-state index < -0.39 is 36.0 Å². The summed E-state index contributed by atoms with van der Waals surface area (Å²) in [6, 6.07) is 7.85. The third-order valence-corrected chi connectivity index (χ3v) is 8.21. The highest BCUT2D eigenvalue weighted by atomic mass is 16.7. The monoisotopic (exact) mass is 582 g/mol. The molecule has 1 saturated heterocycles. The summed E-state index contributed by atoms with van der Waals surface area (Å²) >= 11 is 0. The Morgan fingerprint density at radius 3 is 2.69 bits per heavy atom. The van der Waals surface area contributed by atoms with Crippen molar-refractivity contribution in [2.45, 2.75) is 43.7 Å². The van der Waals surface area contributed by atoms with Gasteiger partial charge in [-0.2, -0.15) is 0 Å². The molecule has 1 aliphatic carbocycles. The molecule has 12 heteroatoms. The lowest BCUT2D eigenvalue weighted by molar-refractivity contribution is -0.142. The maximum atomic E-state index is 14.0. The van der Waals surface area contributed by atoms with Crippen molar-refractivity contribution in [1.82, 2.24) is 10.2 Å². The van der Waals surface area contributed by atoms with E-state index in [-0.39, 0.29) is 51.2 Å². The van der Waals surface area contributed by atoms with Crippen molar-refractivity contribution in [3.8, 4) is 23.0 Å². The number of nitrogens with zero attached hydrogens (tertiary/aromatic N) is 1. The molecule has 2 aromatic carbocycles. The molecule has 6 rings (SSSR count). The second kappa shape index (κ2) is 11.8. The number of aliphatic hydroxyl groups is 3. The van der Waals surface area contributed by atoms with Crippen LogP contribution in [0.1, 0.15) is 29.0 Å². The molecule has 5 atom stereocenters. The summed E-state index contributed by atoms with van der Waals surface area (Å²) in [6.45, 7) is 0.462. The van der Waals surface area contributed by atoms with Crippen LogP contribution in [0.4, 0.5) is 0 Å². The quantitative estimate of drug-likeness (QED) is 0.330. The summed E-state index contributed by atoms with van der Waals surface area (Å²) in [5.74, 6) is 0.117. The summed E-state index contributed by atoms with van der Waals surface area (Å²) < 4.78 is 28.3. The minimum atomic E-state index is -1.22. The molecule has 0 aromatic heterocycles. The van der Waals surface area contributed by atoms with Crippen LogP contribution in [0, 0.1) is 5.92 Å². The van der Waals surface area contributed by atoms with Crippen LogP contribution in [0.15, 0.2) is 42.0 Å². The van der Waals surface area contributed by atoms with Crippen LogP contribution in [0.3, 0.4) is 0 Å². The fourth-order valence-electron chi connectivity index (χ4n) is 6.15. The highest BCUT2D eigenvalue weighted by molar-refractivity contribution is 5.96. The summed E-state index contributed by atoms with van der Waals surface area (Å²) in [6.07, 6.45) is 0.0107. The summed E-state index contributed by atoms with van der Waals surface area (Å²) in [5, 5.41) is 33.8. The molecule has 1 fully saturated rings. The maximum Gasteiger partial charge on any atom is 0.247 e. The highest BCUT2D eigenvalue weighted by Gasteiger charge is 2.52. The van der Waals surface area contributed by atoms with Crippen LogP contribution in [0.5, 0.6) is 23.0 Å². The highest BCUT2D eigenvalue weighted by Crippen LogP contribution is 2.51. The number of ether oxygens (including phenoxy) is 5. The van der Waals surface area contributed by atoms with Gasteiger partial charge in [0.05, 0.1) is 44.8 Å². The molecule has 3 aliphatic heterocycles. The summed E-state index contributed by atoms with van der Waals surface area (Å²) in [7, 11) is 1.47. The van der Waals surface area contributed by atoms with Crippen molar-refractivity contribution in [2.24, 2.45) is 5.92 Å². The zero-order valence-corrected chi connectivity index (χ0v) is 23.2. The van der Waals surface area contributed by atoms with Crippen LogP contribution in [-0.2, 0) is 27.5 Å². The average molecular weight is 583 g/mol. The van der Waals surface area contributed by atoms with Gasteiger partial charge in [-0.05, 0) is 47.9 Å². The topological polar surface area (TPSA) is 156 Å². The predicted octanol–water partition coefficient (Wildman–Crippen LogP) is 0.604. The second-order valence-electron chi connectivity index (χ2n) is 10.7. The third-order valence-electron chi connectivity index (χ3n) is 8.21. The van der Waals surface area contributed by atoms with Gasteiger partial charge in [0.1, 0.15) is 12.2 Å². The Bertz CT molecular complexity index is 1390. The molecular formula is C30H34N2O10. The fraction of sp³-hybridized carbons (Fsp3) is 0.467. The van der Waals surface area contributed by atoms with Gasteiger partial charge in [0, 0.05) is 30.8 Å². The van der Waals surface area contributed by atoms with E-state index in [1.165, 1.54) is 7.11 Å². The zero-order valence-electron chi connectivity index (χ0n) is 23.2. The van der Waals surface area contributed by atoms with E-state index in [0.717, 1.165) is 5.56 Å². The summed E-state index contributed by atoms with van der Waals surface area (Å²) in [4.78, 5) is 29.1. The molecule has 4 aliphatic rings. The first-order valence-corrected chi connectivity index (χ1v) is 14.0. The number of benzene rings is 2. The Hall–Kier alpha value is -3.84. The van der Waals surface area contributed by atoms with Gasteiger partial charge in [-0.25, -0.2) is 0 Å². The smallest absolute Gasteiger partial charge is 0.247 e. The van der Waals surface area contributed by atoms with Gasteiger partial charge in [0.25, 0.3) is 0 Å². The molecule has 4 N–H and O–H groups in total. The molecule has 2 amide bonds. The maximum absolute atomic E-state index is 14.0. The van der Waals surface area contributed by atoms with Crippen molar-refractivity contribution >= 4 is 11.8 Å². The van der Waals surface area contributed by atoms with Crippen LogP contribution in [0.2, 0.25) is 0 Å². The molecule has 2 aromatic rings. The van der Waals surface area contributed by atoms with E-state index in [9.17, 15) is 24.9 Å². The number of methoxy groups -OCH3 is 1. The largest absolute Gasteiger partial charge is 0.493 e.